The first-order chi connectivity index (χ1) is 23.5. The Labute approximate surface area is 310 Å². The molecule has 0 spiro atoms. The third-order valence-electron chi connectivity index (χ3n) is 9.99. The zero-order valence-corrected chi connectivity index (χ0v) is 31.6. The molecule has 10 rings (SSSR count). The van der Waals surface area contributed by atoms with Crippen molar-refractivity contribution in [2.75, 3.05) is 0 Å². The maximum absolute atomic E-state index is 4.15. The lowest BCUT2D eigenvalue weighted by Gasteiger charge is -2.25. The van der Waals surface area contributed by atoms with Gasteiger partial charge in [0.25, 0.3) is 0 Å². The van der Waals surface area contributed by atoms with Crippen LogP contribution in [0.25, 0.3) is 98.0 Å². The molecule has 0 fully saturated rings. The average Bonchev–Trinajstić information content (AvgIpc) is 3.12. The second kappa shape index (κ2) is 10.9. The summed E-state index contributed by atoms with van der Waals surface area (Å²) in [5.41, 5.74) is 7.26. The zero-order chi connectivity index (χ0) is 32.3. The lowest BCUT2D eigenvalue weighted by molar-refractivity contribution is 1.63. The van der Waals surface area contributed by atoms with E-state index in [2.05, 4.69) is 197 Å². The fraction of sp³-hybridized carbons (Fsp3) is 0. The van der Waals surface area contributed by atoms with Gasteiger partial charge in [0.15, 0.2) is 0 Å². The van der Waals surface area contributed by atoms with Crippen molar-refractivity contribution in [2.24, 2.45) is 0 Å². The molecule has 0 saturated heterocycles. The van der Waals surface area contributed by atoms with E-state index in [1.807, 2.05) is 0 Å². The van der Waals surface area contributed by atoms with E-state index < -0.39 is 0 Å². The van der Waals surface area contributed by atoms with Crippen molar-refractivity contribution in [3.05, 3.63) is 151 Å². The van der Waals surface area contributed by atoms with Crippen LogP contribution in [-0.2, 0) is 0 Å². The number of hydrogen-bond acceptors (Lipinski definition) is 0. The minimum atomic E-state index is 1.08. The van der Waals surface area contributed by atoms with E-state index in [-0.39, 0.29) is 0 Å². The number of fused-ring (bicyclic) bond motifs is 4. The molecule has 0 aliphatic rings. The summed E-state index contributed by atoms with van der Waals surface area (Å²) in [4.78, 5) is 0. The van der Waals surface area contributed by atoms with Crippen LogP contribution in [0.2, 0.25) is 0 Å². The molecule has 4 heteroatoms. The highest BCUT2D eigenvalue weighted by molar-refractivity contribution is 9.11. The molecule has 0 aliphatic heterocycles. The second-order valence-corrected chi connectivity index (χ2v) is 15.9. The predicted octanol–water partition coefficient (Wildman–Crippen LogP) is 15.5. The summed E-state index contributed by atoms with van der Waals surface area (Å²) < 4.78 is 4.34. The van der Waals surface area contributed by atoms with Crippen molar-refractivity contribution in [1.29, 1.82) is 0 Å². The van der Waals surface area contributed by atoms with Gasteiger partial charge in [-0.15, -0.1) is 0 Å². The molecule has 0 amide bonds. The van der Waals surface area contributed by atoms with Crippen LogP contribution in [0.5, 0.6) is 0 Å². The predicted molar refractivity (Wildman–Crippen MR) is 221 cm³/mol. The highest BCUT2D eigenvalue weighted by Crippen LogP contribution is 2.56. The van der Waals surface area contributed by atoms with Gasteiger partial charge < -0.3 is 0 Å². The summed E-state index contributed by atoms with van der Waals surface area (Å²) in [6, 6.07) is 48.6. The Morgan fingerprint density at radius 1 is 0.250 bits per heavy atom. The molecule has 0 saturated carbocycles. The summed E-state index contributed by atoms with van der Waals surface area (Å²) in [5, 5.41) is 15.1. The minimum Gasteiger partial charge on any atom is -0.0622 e. The van der Waals surface area contributed by atoms with Gasteiger partial charge in [0.1, 0.15) is 0 Å². The fourth-order valence-electron chi connectivity index (χ4n) is 8.06. The van der Waals surface area contributed by atoms with Crippen LogP contribution in [0.1, 0.15) is 0 Å². The smallest absolute Gasteiger partial charge is 0.0271 e. The Hall–Kier alpha value is -3.80. The molecule has 0 unspecified atom stereocenters. The third kappa shape index (κ3) is 4.04. The van der Waals surface area contributed by atoms with Crippen molar-refractivity contribution >= 4 is 128 Å². The SMILES string of the molecule is Brc1cc(-c2ccccc2)c2c3ccc(-c4ccccc4)c4cc(Br)c5c6c(Br)cc(-c7ccccc7)cc6c6cc(Br)c1c2c6c5c43. The van der Waals surface area contributed by atoms with E-state index in [0.29, 0.717) is 0 Å². The van der Waals surface area contributed by atoms with Gasteiger partial charge in [-0.25, -0.2) is 0 Å². The monoisotopic (exact) mass is 866 g/mol. The first-order valence-electron chi connectivity index (χ1n) is 15.8. The van der Waals surface area contributed by atoms with Gasteiger partial charge in [-0.3, -0.25) is 0 Å². The van der Waals surface area contributed by atoms with Crippen molar-refractivity contribution < 1.29 is 0 Å². The molecule has 226 valence electrons. The van der Waals surface area contributed by atoms with E-state index in [0.717, 1.165) is 17.9 Å². The topological polar surface area (TPSA) is 0 Å². The van der Waals surface area contributed by atoms with E-state index in [1.165, 1.54) is 98.0 Å². The molecular formula is C44H22Br4. The van der Waals surface area contributed by atoms with Gasteiger partial charge in [0.2, 0.25) is 0 Å². The molecular weight excluding hydrogens is 848 g/mol. The van der Waals surface area contributed by atoms with Crippen LogP contribution in [0.3, 0.4) is 0 Å². The Kier molecular flexibility index (Phi) is 6.59. The third-order valence-corrected chi connectivity index (χ3v) is 12.5. The quantitative estimate of drug-likeness (QED) is 0.123. The van der Waals surface area contributed by atoms with E-state index in [9.17, 15) is 0 Å². The van der Waals surface area contributed by atoms with Crippen LogP contribution < -0.4 is 0 Å². The molecule has 0 N–H and O–H groups in total. The molecule has 10 aromatic rings. The highest BCUT2D eigenvalue weighted by atomic mass is 79.9. The van der Waals surface area contributed by atoms with E-state index >= 15 is 0 Å². The van der Waals surface area contributed by atoms with Crippen molar-refractivity contribution in [1.82, 2.24) is 0 Å². The minimum absolute atomic E-state index is 1.08. The number of benzene rings is 10. The molecule has 0 aliphatic carbocycles. The van der Waals surface area contributed by atoms with Gasteiger partial charge in [0.05, 0.1) is 0 Å². The van der Waals surface area contributed by atoms with Gasteiger partial charge in [-0.05, 0) is 101 Å². The Morgan fingerprint density at radius 2 is 0.771 bits per heavy atom. The molecule has 0 aromatic heterocycles. The Balaban J connectivity index is 1.54. The van der Waals surface area contributed by atoms with Crippen molar-refractivity contribution in [3.63, 3.8) is 0 Å². The van der Waals surface area contributed by atoms with E-state index in [1.54, 1.807) is 0 Å². The van der Waals surface area contributed by atoms with Crippen LogP contribution in [0.4, 0.5) is 0 Å². The van der Waals surface area contributed by atoms with Gasteiger partial charge in [0, 0.05) is 44.8 Å². The number of halogens is 4. The normalized spacial score (nSPS) is 12.2. The fourth-order valence-corrected chi connectivity index (χ4v) is 10.9. The maximum Gasteiger partial charge on any atom is 0.0271 e. The standard InChI is InChI=1S/C44H22Br4/c45-33-19-26(23-10-4-1-5-11-23)18-30-32-22-35(47)41-34(46)20-29(25-14-8-3-9-15-25)37-28-17-16-27(24-12-6-2-7-13-24)31-21-36(48)42(39(30)33)44(38(28)31)40(32)43(37)41/h1-22H. The van der Waals surface area contributed by atoms with Crippen molar-refractivity contribution in [3.8, 4) is 33.4 Å². The lowest BCUT2D eigenvalue weighted by Crippen LogP contribution is -1.97. The molecule has 0 atom stereocenters. The Morgan fingerprint density at radius 3 is 1.46 bits per heavy atom. The largest absolute Gasteiger partial charge is 0.0622 e. The van der Waals surface area contributed by atoms with Gasteiger partial charge in [-0.1, -0.05) is 167 Å². The Bertz CT molecular complexity index is 2900. The van der Waals surface area contributed by atoms with Crippen LogP contribution in [0.15, 0.2) is 151 Å². The summed E-state index contributed by atoms with van der Waals surface area (Å²) >= 11 is 16.4. The number of rotatable bonds is 3. The summed E-state index contributed by atoms with van der Waals surface area (Å²) in [6.07, 6.45) is 0. The molecule has 0 radical (unpaired) electrons. The maximum atomic E-state index is 4.15. The lowest BCUT2D eigenvalue weighted by atomic mass is 9.80. The second-order valence-electron chi connectivity index (χ2n) is 12.5. The molecule has 0 heterocycles. The molecule has 0 bridgehead atoms. The van der Waals surface area contributed by atoms with Crippen molar-refractivity contribution in [2.45, 2.75) is 0 Å². The van der Waals surface area contributed by atoms with Crippen LogP contribution in [-0.4, -0.2) is 0 Å². The van der Waals surface area contributed by atoms with E-state index in [4.69, 9.17) is 0 Å². The molecule has 0 nitrogen and oxygen atoms in total. The van der Waals surface area contributed by atoms with Crippen LogP contribution >= 0.6 is 63.7 Å². The molecule has 10 aromatic carbocycles. The van der Waals surface area contributed by atoms with Gasteiger partial charge >= 0.3 is 0 Å². The first kappa shape index (κ1) is 29.1. The highest BCUT2D eigenvalue weighted by Gasteiger charge is 2.27. The average molecular weight is 870 g/mol. The van der Waals surface area contributed by atoms with Gasteiger partial charge in [-0.2, -0.15) is 0 Å². The zero-order valence-electron chi connectivity index (χ0n) is 25.2. The first-order valence-corrected chi connectivity index (χ1v) is 19.0. The molecule has 48 heavy (non-hydrogen) atoms. The van der Waals surface area contributed by atoms with Crippen LogP contribution in [0, 0.1) is 0 Å². The summed E-state index contributed by atoms with van der Waals surface area (Å²) in [7, 11) is 0. The number of hydrogen-bond donors (Lipinski definition) is 0. The summed E-state index contributed by atoms with van der Waals surface area (Å²) in [6.45, 7) is 0. The summed E-state index contributed by atoms with van der Waals surface area (Å²) in [5.74, 6) is 0.